The van der Waals surface area contributed by atoms with Crippen LogP contribution in [0, 0.1) is 5.92 Å². The maximum Gasteiger partial charge on any atom is 0.224 e. The van der Waals surface area contributed by atoms with Gasteiger partial charge in [0.25, 0.3) is 0 Å². The van der Waals surface area contributed by atoms with Gasteiger partial charge in [0, 0.05) is 58.0 Å². The molecule has 2 atom stereocenters. The molecule has 1 aromatic heterocycles. The smallest absolute Gasteiger partial charge is 0.224 e. The molecule has 0 aliphatic carbocycles. The fourth-order valence-corrected chi connectivity index (χ4v) is 3.99. The maximum absolute atomic E-state index is 12.5. The minimum Gasteiger partial charge on any atom is -0.342 e. The molecule has 1 aromatic rings. The zero-order chi connectivity index (χ0) is 16.2. The number of carbonyl (C=O) groups excluding carboxylic acids is 2. The predicted octanol–water partition coefficient (Wildman–Crippen LogP) is 1.52. The second-order valence-electron chi connectivity index (χ2n) is 6.71. The second kappa shape index (κ2) is 7.15. The summed E-state index contributed by atoms with van der Waals surface area (Å²) in [5, 5.41) is 0. The summed E-state index contributed by atoms with van der Waals surface area (Å²) in [4.78, 5) is 32.4. The third kappa shape index (κ3) is 3.74. The van der Waals surface area contributed by atoms with E-state index in [9.17, 15) is 9.59 Å². The Balaban J connectivity index is 1.58. The Kier molecular flexibility index (Phi) is 4.98. The number of rotatable bonds is 3. The van der Waals surface area contributed by atoms with Gasteiger partial charge < -0.3 is 14.4 Å². The summed E-state index contributed by atoms with van der Waals surface area (Å²) in [6.45, 7) is 4.81. The van der Waals surface area contributed by atoms with Crippen molar-refractivity contribution in [2.75, 3.05) is 19.6 Å². The van der Waals surface area contributed by atoms with E-state index in [0.29, 0.717) is 24.9 Å². The Morgan fingerprint density at radius 2 is 2.09 bits per heavy atom. The average Bonchev–Trinajstić information content (AvgIpc) is 2.97. The molecule has 0 spiro atoms. The fraction of sp³-hybridized carbons (Fsp3) is 0.706. The zero-order valence-electron chi connectivity index (χ0n) is 13.9. The SMILES string of the molecule is CC(=O)N1CCCC[C@@H]2CN(C(=O)CCn3ccnc3)CC[C@H]21. The first kappa shape index (κ1) is 16.0. The highest BCUT2D eigenvalue weighted by Gasteiger charge is 2.36. The van der Waals surface area contributed by atoms with E-state index in [0.717, 1.165) is 45.3 Å². The summed E-state index contributed by atoms with van der Waals surface area (Å²) in [5.41, 5.74) is 0. The van der Waals surface area contributed by atoms with Crippen LogP contribution in [0.3, 0.4) is 0 Å². The lowest BCUT2D eigenvalue weighted by molar-refractivity contribution is -0.137. The largest absolute Gasteiger partial charge is 0.342 e. The average molecular weight is 318 g/mol. The van der Waals surface area contributed by atoms with E-state index < -0.39 is 0 Å². The molecule has 2 saturated heterocycles. The third-order valence-electron chi connectivity index (χ3n) is 5.22. The lowest BCUT2D eigenvalue weighted by Crippen LogP contribution is -2.53. The van der Waals surface area contributed by atoms with Crippen molar-refractivity contribution < 1.29 is 9.59 Å². The van der Waals surface area contributed by atoms with Gasteiger partial charge in [-0.05, 0) is 25.2 Å². The first-order valence-corrected chi connectivity index (χ1v) is 8.66. The van der Waals surface area contributed by atoms with E-state index in [1.807, 2.05) is 20.6 Å². The Morgan fingerprint density at radius 1 is 1.22 bits per heavy atom. The van der Waals surface area contributed by atoms with Crippen molar-refractivity contribution in [2.24, 2.45) is 5.92 Å². The van der Waals surface area contributed by atoms with Crippen LogP contribution in [0.15, 0.2) is 18.7 Å². The second-order valence-corrected chi connectivity index (χ2v) is 6.71. The van der Waals surface area contributed by atoms with Crippen molar-refractivity contribution in [3.05, 3.63) is 18.7 Å². The highest BCUT2D eigenvalue weighted by atomic mass is 16.2. The standard InChI is InChI=1S/C17H26N4O2/c1-14(22)21-8-3-2-4-15-12-20(10-5-16(15)21)17(23)6-9-19-11-7-18-13-19/h7,11,13,15-16H,2-6,8-10,12H2,1H3/t15-,16-/m1/s1. The van der Waals surface area contributed by atoms with Crippen LogP contribution in [0.1, 0.15) is 39.0 Å². The molecule has 23 heavy (non-hydrogen) atoms. The number of hydrogen-bond donors (Lipinski definition) is 0. The van der Waals surface area contributed by atoms with Gasteiger partial charge in [-0.15, -0.1) is 0 Å². The van der Waals surface area contributed by atoms with Crippen molar-refractivity contribution in [1.82, 2.24) is 19.4 Å². The van der Waals surface area contributed by atoms with Gasteiger partial charge in [-0.3, -0.25) is 9.59 Å². The molecule has 0 unspecified atom stereocenters. The minimum atomic E-state index is 0.182. The summed E-state index contributed by atoms with van der Waals surface area (Å²) in [5.74, 6) is 0.838. The van der Waals surface area contributed by atoms with Crippen LogP contribution in [-0.4, -0.2) is 56.8 Å². The third-order valence-corrected chi connectivity index (χ3v) is 5.22. The summed E-state index contributed by atoms with van der Waals surface area (Å²) in [6.07, 6.45) is 10.2. The number of piperidine rings is 1. The van der Waals surface area contributed by atoms with Gasteiger partial charge in [-0.1, -0.05) is 6.42 Å². The topological polar surface area (TPSA) is 58.4 Å². The highest BCUT2D eigenvalue weighted by molar-refractivity contribution is 5.76. The van der Waals surface area contributed by atoms with E-state index >= 15 is 0 Å². The molecule has 2 aliphatic rings. The van der Waals surface area contributed by atoms with E-state index in [1.165, 1.54) is 0 Å². The van der Waals surface area contributed by atoms with Crippen molar-refractivity contribution in [2.45, 2.75) is 51.6 Å². The Labute approximate surface area is 137 Å². The predicted molar refractivity (Wildman–Crippen MR) is 86.6 cm³/mol. The molecule has 2 amide bonds. The number of imidazole rings is 1. The number of hydrogen-bond acceptors (Lipinski definition) is 3. The molecule has 0 saturated carbocycles. The first-order chi connectivity index (χ1) is 11.1. The highest BCUT2D eigenvalue weighted by Crippen LogP contribution is 2.30. The maximum atomic E-state index is 12.5. The molecule has 0 N–H and O–H groups in total. The number of aromatic nitrogens is 2. The van der Waals surface area contributed by atoms with Gasteiger partial charge in [-0.25, -0.2) is 4.98 Å². The van der Waals surface area contributed by atoms with Crippen LogP contribution in [0.4, 0.5) is 0 Å². The van der Waals surface area contributed by atoms with Crippen LogP contribution in [-0.2, 0) is 16.1 Å². The zero-order valence-corrected chi connectivity index (χ0v) is 13.9. The molecular formula is C17H26N4O2. The van der Waals surface area contributed by atoms with Crippen molar-refractivity contribution in [1.29, 1.82) is 0 Å². The number of nitrogens with zero attached hydrogens (tertiary/aromatic N) is 4. The summed E-state index contributed by atoms with van der Waals surface area (Å²) >= 11 is 0. The number of fused-ring (bicyclic) bond motifs is 1. The Morgan fingerprint density at radius 3 is 2.83 bits per heavy atom. The summed E-state index contributed by atoms with van der Waals surface area (Å²) in [7, 11) is 0. The minimum absolute atomic E-state index is 0.182. The van der Waals surface area contributed by atoms with Crippen LogP contribution in [0.2, 0.25) is 0 Å². The molecule has 3 heterocycles. The van der Waals surface area contributed by atoms with Gasteiger partial charge in [0.1, 0.15) is 0 Å². The molecule has 2 aliphatic heterocycles. The molecule has 0 radical (unpaired) electrons. The number of amides is 2. The van der Waals surface area contributed by atoms with Crippen LogP contribution in [0.5, 0.6) is 0 Å². The normalized spacial score (nSPS) is 24.9. The molecular weight excluding hydrogens is 292 g/mol. The number of aryl methyl sites for hydroxylation is 1. The van der Waals surface area contributed by atoms with Crippen molar-refractivity contribution in [3.8, 4) is 0 Å². The molecule has 0 aromatic carbocycles. The van der Waals surface area contributed by atoms with Crippen molar-refractivity contribution in [3.63, 3.8) is 0 Å². The quantitative estimate of drug-likeness (QED) is 0.849. The van der Waals surface area contributed by atoms with E-state index in [-0.39, 0.29) is 11.8 Å². The molecule has 0 bridgehead atoms. The number of carbonyl (C=O) groups is 2. The lowest BCUT2D eigenvalue weighted by Gasteiger charge is -2.42. The molecule has 6 nitrogen and oxygen atoms in total. The lowest BCUT2D eigenvalue weighted by atomic mass is 9.88. The van der Waals surface area contributed by atoms with Crippen LogP contribution >= 0.6 is 0 Å². The van der Waals surface area contributed by atoms with E-state index in [4.69, 9.17) is 0 Å². The van der Waals surface area contributed by atoms with Gasteiger partial charge in [0.2, 0.25) is 11.8 Å². The Bertz CT molecular complexity index is 543. The van der Waals surface area contributed by atoms with Gasteiger partial charge in [-0.2, -0.15) is 0 Å². The first-order valence-electron chi connectivity index (χ1n) is 8.66. The summed E-state index contributed by atoms with van der Waals surface area (Å²) < 4.78 is 1.94. The fourth-order valence-electron chi connectivity index (χ4n) is 3.99. The number of likely N-dealkylation sites (tertiary alicyclic amines) is 2. The molecule has 2 fully saturated rings. The molecule has 126 valence electrons. The van der Waals surface area contributed by atoms with E-state index in [2.05, 4.69) is 4.98 Å². The molecule has 6 heteroatoms. The van der Waals surface area contributed by atoms with Gasteiger partial charge in [0.15, 0.2) is 0 Å². The van der Waals surface area contributed by atoms with Crippen molar-refractivity contribution >= 4 is 11.8 Å². The Hall–Kier alpha value is -1.85. The van der Waals surface area contributed by atoms with Crippen LogP contribution < -0.4 is 0 Å². The van der Waals surface area contributed by atoms with Gasteiger partial charge in [0.05, 0.1) is 6.33 Å². The van der Waals surface area contributed by atoms with Gasteiger partial charge >= 0.3 is 0 Å². The molecule has 3 rings (SSSR count). The monoisotopic (exact) mass is 318 g/mol. The van der Waals surface area contributed by atoms with Crippen LogP contribution in [0.25, 0.3) is 0 Å². The summed E-state index contributed by atoms with van der Waals surface area (Å²) in [6, 6.07) is 0.327. The van der Waals surface area contributed by atoms with E-state index in [1.54, 1.807) is 19.4 Å².